The molecule has 0 saturated carbocycles. The van der Waals surface area contributed by atoms with E-state index in [9.17, 15) is 14.4 Å². The van der Waals surface area contributed by atoms with Gasteiger partial charge in [0.1, 0.15) is 6.54 Å². The zero-order valence-electron chi connectivity index (χ0n) is 15.3. The molecule has 1 heterocycles. The Hall–Kier alpha value is -3.03. The monoisotopic (exact) mass is 427 g/mol. The summed E-state index contributed by atoms with van der Waals surface area (Å²) in [6, 6.07) is 19.3. The number of aromatic nitrogens is 1. The summed E-state index contributed by atoms with van der Waals surface area (Å²) in [5.41, 5.74) is 5.85. The Kier molecular flexibility index (Phi) is 7.10. The normalized spacial score (nSPS) is 10.4. The Labute approximate surface area is 176 Å². The smallest absolute Gasteiger partial charge is 0.269 e. The fourth-order valence-corrected chi connectivity index (χ4v) is 3.41. The van der Waals surface area contributed by atoms with Crippen molar-refractivity contribution in [2.24, 2.45) is 0 Å². The lowest BCUT2D eigenvalue weighted by Crippen LogP contribution is -2.44. The first kappa shape index (κ1) is 20.7. The van der Waals surface area contributed by atoms with E-state index in [0.717, 1.165) is 16.2 Å². The van der Waals surface area contributed by atoms with E-state index in [-0.39, 0.29) is 12.1 Å². The third kappa shape index (κ3) is 6.23. The Bertz CT molecular complexity index is 1050. The third-order valence-electron chi connectivity index (χ3n) is 3.96. The van der Waals surface area contributed by atoms with E-state index in [2.05, 4.69) is 10.9 Å². The van der Waals surface area contributed by atoms with Gasteiger partial charge >= 0.3 is 0 Å². The molecule has 0 aliphatic heterocycles. The number of rotatable bonds is 6. The molecule has 0 fully saturated rings. The highest BCUT2D eigenvalue weighted by Crippen LogP contribution is 2.24. The molecule has 2 amide bonds. The van der Waals surface area contributed by atoms with E-state index < -0.39 is 11.8 Å². The predicted octanol–water partition coefficient (Wildman–Crippen LogP) is 3.26. The van der Waals surface area contributed by atoms with Crippen molar-refractivity contribution in [3.8, 4) is 0 Å². The van der Waals surface area contributed by atoms with E-state index in [0.29, 0.717) is 10.6 Å². The summed E-state index contributed by atoms with van der Waals surface area (Å²) >= 11 is 7.55. The minimum Gasteiger partial charge on any atom is -0.306 e. The maximum Gasteiger partial charge on any atom is 0.269 e. The quantitative estimate of drug-likeness (QED) is 0.467. The second kappa shape index (κ2) is 9.95. The van der Waals surface area contributed by atoms with E-state index >= 15 is 0 Å². The average Bonchev–Trinajstić information content (AvgIpc) is 2.74. The number of nitrogens with one attached hydrogen (secondary N) is 2. The van der Waals surface area contributed by atoms with Gasteiger partial charge in [0.2, 0.25) is 0 Å². The number of thioether (sulfide) groups is 1. The van der Waals surface area contributed by atoms with Gasteiger partial charge in [-0.15, -0.1) is 11.8 Å². The zero-order valence-corrected chi connectivity index (χ0v) is 16.9. The molecule has 8 heteroatoms. The number of hydrazine groups is 1. The number of amides is 2. The molecular formula is C21H18ClN3O3S. The maximum atomic E-state index is 12.2. The molecule has 0 saturated heterocycles. The van der Waals surface area contributed by atoms with Crippen LogP contribution in [-0.4, -0.2) is 16.4 Å². The van der Waals surface area contributed by atoms with Crippen LogP contribution in [0.3, 0.4) is 0 Å². The van der Waals surface area contributed by atoms with Gasteiger partial charge in [0.25, 0.3) is 17.4 Å². The highest BCUT2D eigenvalue weighted by Gasteiger charge is 2.08. The van der Waals surface area contributed by atoms with Crippen molar-refractivity contribution < 1.29 is 9.59 Å². The summed E-state index contributed by atoms with van der Waals surface area (Å²) in [7, 11) is 0. The number of nitrogens with zero attached hydrogens (tertiary/aromatic N) is 1. The van der Waals surface area contributed by atoms with Crippen molar-refractivity contribution >= 4 is 35.2 Å². The van der Waals surface area contributed by atoms with Gasteiger partial charge in [-0.25, -0.2) is 0 Å². The Morgan fingerprint density at radius 3 is 2.34 bits per heavy atom. The van der Waals surface area contributed by atoms with Crippen molar-refractivity contribution in [2.45, 2.75) is 17.2 Å². The molecule has 2 aromatic carbocycles. The Balaban J connectivity index is 1.48. The second-order valence-corrected chi connectivity index (χ2v) is 7.59. The number of carbonyl (C=O) groups excluding carboxylic acids is 2. The maximum absolute atomic E-state index is 12.2. The minimum atomic E-state index is -0.498. The highest BCUT2D eigenvalue weighted by atomic mass is 35.5. The summed E-state index contributed by atoms with van der Waals surface area (Å²) in [6.45, 7) is -0.180. The van der Waals surface area contributed by atoms with Gasteiger partial charge in [-0.2, -0.15) is 0 Å². The zero-order chi connectivity index (χ0) is 20.6. The molecule has 1 aromatic heterocycles. The number of benzene rings is 2. The van der Waals surface area contributed by atoms with Crippen molar-refractivity contribution in [1.82, 2.24) is 15.4 Å². The molecule has 0 bridgehead atoms. The van der Waals surface area contributed by atoms with Crippen molar-refractivity contribution in [3.05, 3.63) is 99.4 Å². The van der Waals surface area contributed by atoms with Gasteiger partial charge in [-0.05, 0) is 48.0 Å². The first-order valence-electron chi connectivity index (χ1n) is 8.73. The molecule has 3 rings (SSSR count). The number of pyridine rings is 1. The number of carbonyl (C=O) groups is 2. The molecule has 6 nitrogen and oxygen atoms in total. The fourth-order valence-electron chi connectivity index (χ4n) is 2.43. The SMILES string of the molecule is O=C(Cn1ccccc1=O)NNC(=O)c1ccc(CSc2ccc(Cl)cc2)cc1. The first-order valence-corrected chi connectivity index (χ1v) is 10.1. The predicted molar refractivity (Wildman–Crippen MR) is 114 cm³/mol. The van der Waals surface area contributed by atoms with Crippen molar-refractivity contribution in [2.75, 3.05) is 0 Å². The van der Waals surface area contributed by atoms with Gasteiger partial charge in [0.05, 0.1) is 0 Å². The summed E-state index contributed by atoms with van der Waals surface area (Å²) in [4.78, 5) is 36.8. The lowest BCUT2D eigenvalue weighted by Gasteiger charge is -2.09. The summed E-state index contributed by atoms with van der Waals surface area (Å²) in [6.07, 6.45) is 1.50. The van der Waals surface area contributed by atoms with Gasteiger partial charge in [-0.1, -0.05) is 29.8 Å². The fraction of sp³-hybridized carbons (Fsp3) is 0.0952. The third-order valence-corrected chi connectivity index (χ3v) is 5.30. The van der Waals surface area contributed by atoms with Gasteiger partial charge in [0, 0.05) is 33.5 Å². The molecule has 0 aliphatic carbocycles. The topological polar surface area (TPSA) is 80.2 Å². The van der Waals surface area contributed by atoms with Crippen molar-refractivity contribution in [1.29, 1.82) is 0 Å². The lowest BCUT2D eigenvalue weighted by molar-refractivity contribution is -0.122. The lowest BCUT2D eigenvalue weighted by atomic mass is 10.1. The van der Waals surface area contributed by atoms with Crippen LogP contribution in [0.2, 0.25) is 5.02 Å². The first-order chi connectivity index (χ1) is 14.0. The highest BCUT2D eigenvalue weighted by molar-refractivity contribution is 7.98. The summed E-state index contributed by atoms with van der Waals surface area (Å²) in [5, 5.41) is 0.702. The summed E-state index contributed by atoms with van der Waals surface area (Å²) < 4.78 is 1.24. The largest absolute Gasteiger partial charge is 0.306 e. The van der Waals surface area contributed by atoms with Crippen LogP contribution in [0.15, 0.2) is 82.6 Å². The number of hydrogen-bond acceptors (Lipinski definition) is 4. The van der Waals surface area contributed by atoms with E-state index in [4.69, 9.17) is 11.6 Å². The summed E-state index contributed by atoms with van der Waals surface area (Å²) in [5.74, 6) is -0.176. The molecule has 2 N–H and O–H groups in total. The van der Waals surface area contributed by atoms with E-state index in [1.54, 1.807) is 36.0 Å². The van der Waals surface area contributed by atoms with Gasteiger partial charge in [0.15, 0.2) is 0 Å². The molecule has 0 aliphatic rings. The Morgan fingerprint density at radius 2 is 1.66 bits per heavy atom. The molecule has 3 aromatic rings. The van der Waals surface area contributed by atoms with Crippen LogP contribution in [0, 0.1) is 0 Å². The number of hydrogen-bond donors (Lipinski definition) is 2. The second-order valence-electron chi connectivity index (χ2n) is 6.11. The molecule has 0 unspecified atom stereocenters. The van der Waals surface area contributed by atoms with E-state index in [1.165, 1.54) is 16.8 Å². The van der Waals surface area contributed by atoms with Crippen LogP contribution in [0.4, 0.5) is 0 Å². The molecule has 0 radical (unpaired) electrons. The van der Waals surface area contributed by atoms with Gasteiger partial charge < -0.3 is 4.57 Å². The standard InChI is InChI=1S/C21H18ClN3O3S/c22-17-8-10-18(11-9-17)29-14-15-4-6-16(7-5-15)21(28)24-23-19(26)13-25-12-2-1-3-20(25)27/h1-12H,13-14H2,(H,23,26)(H,24,28). The Morgan fingerprint density at radius 1 is 0.931 bits per heavy atom. The van der Waals surface area contributed by atoms with E-state index in [1.807, 2.05) is 36.4 Å². The van der Waals surface area contributed by atoms with Crippen LogP contribution >= 0.6 is 23.4 Å². The van der Waals surface area contributed by atoms with Crippen molar-refractivity contribution in [3.63, 3.8) is 0 Å². The van der Waals surface area contributed by atoms with Crippen LogP contribution in [0.5, 0.6) is 0 Å². The molecule has 0 spiro atoms. The van der Waals surface area contributed by atoms with Crippen LogP contribution < -0.4 is 16.4 Å². The van der Waals surface area contributed by atoms with Crippen LogP contribution in [-0.2, 0) is 17.1 Å². The van der Waals surface area contributed by atoms with Gasteiger partial charge in [-0.3, -0.25) is 25.2 Å². The van der Waals surface area contributed by atoms with Crippen LogP contribution in [0.25, 0.3) is 0 Å². The minimum absolute atomic E-state index is 0.180. The molecule has 148 valence electrons. The molecule has 29 heavy (non-hydrogen) atoms. The number of halogens is 1. The average molecular weight is 428 g/mol. The van der Waals surface area contributed by atoms with Crippen LogP contribution in [0.1, 0.15) is 15.9 Å². The molecular weight excluding hydrogens is 410 g/mol. The molecule has 0 atom stereocenters.